The van der Waals surface area contributed by atoms with Crippen molar-refractivity contribution >= 4 is 11.7 Å². The molecule has 1 amide bonds. The quantitative estimate of drug-likeness (QED) is 0.319. The zero-order valence-electron chi connectivity index (χ0n) is 10.1. The van der Waals surface area contributed by atoms with E-state index in [4.69, 9.17) is 10.9 Å². The third kappa shape index (κ3) is 3.41. The molecule has 18 heavy (non-hydrogen) atoms. The van der Waals surface area contributed by atoms with E-state index >= 15 is 0 Å². The van der Waals surface area contributed by atoms with E-state index in [0.717, 1.165) is 12.3 Å². The predicted octanol–water partition coefficient (Wildman–Crippen LogP) is 0.721. The summed E-state index contributed by atoms with van der Waals surface area (Å²) in [5, 5.41) is 14.1. The summed E-state index contributed by atoms with van der Waals surface area (Å²) in [6.07, 6.45) is 0.947. The standard InChI is InChI=1S/C11H15FN4O2/c1-6(2)9(10(13)16-18)15-11(17)8-4-3-7(12)5-14-8/h3-6,9,18H,1-2H3,(H2,13,16)(H,15,17). The Morgan fingerprint density at radius 2 is 2.22 bits per heavy atom. The second-order valence-electron chi connectivity index (χ2n) is 4.08. The van der Waals surface area contributed by atoms with Crippen molar-refractivity contribution in [3.8, 4) is 0 Å². The third-order valence-electron chi connectivity index (χ3n) is 2.35. The molecule has 0 radical (unpaired) electrons. The predicted molar refractivity (Wildman–Crippen MR) is 63.7 cm³/mol. The zero-order chi connectivity index (χ0) is 13.7. The van der Waals surface area contributed by atoms with Gasteiger partial charge in [0.1, 0.15) is 11.5 Å². The number of amides is 1. The Morgan fingerprint density at radius 3 is 2.67 bits per heavy atom. The van der Waals surface area contributed by atoms with Crippen LogP contribution in [0.3, 0.4) is 0 Å². The molecular formula is C11H15FN4O2. The number of carbonyl (C=O) groups excluding carboxylic acids is 1. The van der Waals surface area contributed by atoms with Crippen LogP contribution in [0.1, 0.15) is 24.3 Å². The molecule has 0 fully saturated rings. The minimum atomic E-state index is -0.616. The van der Waals surface area contributed by atoms with Gasteiger partial charge in [-0.25, -0.2) is 9.37 Å². The van der Waals surface area contributed by atoms with Crippen LogP contribution in [0.25, 0.3) is 0 Å². The van der Waals surface area contributed by atoms with Gasteiger partial charge in [0.2, 0.25) is 0 Å². The van der Waals surface area contributed by atoms with E-state index in [2.05, 4.69) is 15.5 Å². The highest BCUT2D eigenvalue weighted by molar-refractivity contribution is 5.96. The van der Waals surface area contributed by atoms with Gasteiger partial charge >= 0.3 is 0 Å². The number of halogens is 1. The van der Waals surface area contributed by atoms with Gasteiger partial charge in [-0.3, -0.25) is 4.79 Å². The van der Waals surface area contributed by atoms with Crippen molar-refractivity contribution < 1.29 is 14.4 Å². The van der Waals surface area contributed by atoms with E-state index in [1.807, 2.05) is 0 Å². The van der Waals surface area contributed by atoms with Crippen LogP contribution >= 0.6 is 0 Å². The molecule has 0 aliphatic heterocycles. The summed E-state index contributed by atoms with van der Waals surface area (Å²) < 4.78 is 12.7. The summed E-state index contributed by atoms with van der Waals surface area (Å²) in [6.45, 7) is 3.61. The maximum atomic E-state index is 12.7. The average molecular weight is 254 g/mol. The lowest BCUT2D eigenvalue weighted by Crippen LogP contribution is -2.48. The van der Waals surface area contributed by atoms with Crippen molar-refractivity contribution in [1.82, 2.24) is 10.3 Å². The van der Waals surface area contributed by atoms with Crippen molar-refractivity contribution in [1.29, 1.82) is 0 Å². The second kappa shape index (κ2) is 5.95. The minimum absolute atomic E-state index is 0.0628. The number of aromatic nitrogens is 1. The first kappa shape index (κ1) is 13.9. The Labute approximate surface area is 104 Å². The molecule has 0 saturated heterocycles. The van der Waals surface area contributed by atoms with Crippen LogP contribution in [0.2, 0.25) is 0 Å². The minimum Gasteiger partial charge on any atom is -0.409 e. The molecule has 0 spiro atoms. The van der Waals surface area contributed by atoms with E-state index in [-0.39, 0.29) is 17.4 Å². The molecule has 7 heteroatoms. The van der Waals surface area contributed by atoms with Gasteiger partial charge in [0.15, 0.2) is 5.84 Å². The maximum Gasteiger partial charge on any atom is 0.270 e. The molecule has 98 valence electrons. The SMILES string of the molecule is CC(C)C(NC(=O)c1ccc(F)cn1)/C(N)=N/O. The van der Waals surface area contributed by atoms with Gasteiger partial charge in [-0.15, -0.1) is 0 Å². The van der Waals surface area contributed by atoms with E-state index in [9.17, 15) is 9.18 Å². The number of hydrogen-bond donors (Lipinski definition) is 3. The number of hydrogen-bond acceptors (Lipinski definition) is 4. The highest BCUT2D eigenvalue weighted by Gasteiger charge is 2.21. The molecule has 1 aromatic rings. The summed E-state index contributed by atoms with van der Waals surface area (Å²) in [4.78, 5) is 15.4. The average Bonchev–Trinajstić information content (AvgIpc) is 2.35. The fraction of sp³-hybridized carbons (Fsp3) is 0.364. The molecule has 6 nitrogen and oxygen atoms in total. The fourth-order valence-corrected chi connectivity index (χ4v) is 1.37. The number of nitrogens with two attached hydrogens (primary N) is 1. The number of rotatable bonds is 4. The van der Waals surface area contributed by atoms with E-state index in [1.54, 1.807) is 13.8 Å². The summed E-state index contributed by atoms with van der Waals surface area (Å²) in [5.41, 5.74) is 5.54. The second-order valence-corrected chi connectivity index (χ2v) is 4.08. The van der Waals surface area contributed by atoms with Crippen LogP contribution in [-0.2, 0) is 0 Å². The zero-order valence-corrected chi connectivity index (χ0v) is 10.1. The lowest BCUT2D eigenvalue weighted by molar-refractivity contribution is 0.0933. The Hall–Kier alpha value is -2.18. The number of nitrogens with one attached hydrogen (secondary N) is 1. The molecule has 1 atom stereocenters. The number of pyridine rings is 1. The highest BCUT2D eigenvalue weighted by atomic mass is 19.1. The molecule has 1 heterocycles. The van der Waals surface area contributed by atoms with Crippen LogP contribution in [0.15, 0.2) is 23.5 Å². The van der Waals surface area contributed by atoms with Crippen LogP contribution in [0.4, 0.5) is 4.39 Å². The van der Waals surface area contributed by atoms with Gasteiger partial charge in [-0.2, -0.15) is 0 Å². The molecule has 0 aliphatic rings. The van der Waals surface area contributed by atoms with Crippen LogP contribution < -0.4 is 11.1 Å². The summed E-state index contributed by atoms with van der Waals surface area (Å²) in [6, 6.07) is 1.78. The molecule has 0 saturated carbocycles. The van der Waals surface area contributed by atoms with Gasteiger partial charge in [0, 0.05) is 0 Å². The van der Waals surface area contributed by atoms with Gasteiger partial charge in [-0.1, -0.05) is 19.0 Å². The first-order chi connectivity index (χ1) is 8.45. The molecule has 4 N–H and O–H groups in total. The van der Waals surface area contributed by atoms with Crippen LogP contribution in [-0.4, -0.2) is 28.0 Å². The Morgan fingerprint density at radius 1 is 1.56 bits per heavy atom. The number of oxime groups is 1. The topological polar surface area (TPSA) is 101 Å². The van der Waals surface area contributed by atoms with Crippen LogP contribution in [0.5, 0.6) is 0 Å². The number of carbonyl (C=O) groups is 1. The van der Waals surface area contributed by atoms with Gasteiger partial charge < -0.3 is 16.3 Å². The molecule has 0 bridgehead atoms. The van der Waals surface area contributed by atoms with Gasteiger partial charge in [0.25, 0.3) is 5.91 Å². The smallest absolute Gasteiger partial charge is 0.270 e. The monoisotopic (exact) mass is 254 g/mol. The third-order valence-corrected chi connectivity index (χ3v) is 2.35. The van der Waals surface area contributed by atoms with Crippen LogP contribution in [0, 0.1) is 11.7 Å². The van der Waals surface area contributed by atoms with Crippen molar-refractivity contribution in [2.24, 2.45) is 16.8 Å². The lowest BCUT2D eigenvalue weighted by atomic mass is 10.0. The van der Waals surface area contributed by atoms with E-state index in [1.165, 1.54) is 6.07 Å². The Kier molecular flexibility index (Phi) is 4.59. The normalized spacial score (nSPS) is 13.4. The largest absolute Gasteiger partial charge is 0.409 e. The number of nitrogens with zero attached hydrogens (tertiary/aromatic N) is 2. The first-order valence-electron chi connectivity index (χ1n) is 5.35. The molecule has 1 rings (SSSR count). The van der Waals surface area contributed by atoms with Crippen molar-refractivity contribution in [3.05, 3.63) is 29.8 Å². The fourth-order valence-electron chi connectivity index (χ4n) is 1.37. The molecule has 0 aliphatic carbocycles. The summed E-state index contributed by atoms with van der Waals surface area (Å²) in [5.74, 6) is -1.20. The van der Waals surface area contributed by atoms with E-state index < -0.39 is 17.8 Å². The molecular weight excluding hydrogens is 239 g/mol. The van der Waals surface area contributed by atoms with Crippen molar-refractivity contribution in [2.75, 3.05) is 0 Å². The van der Waals surface area contributed by atoms with Gasteiger partial charge in [-0.05, 0) is 18.1 Å². The molecule has 1 unspecified atom stereocenters. The lowest BCUT2D eigenvalue weighted by Gasteiger charge is -2.20. The van der Waals surface area contributed by atoms with Crippen molar-refractivity contribution in [3.63, 3.8) is 0 Å². The van der Waals surface area contributed by atoms with Gasteiger partial charge in [0.05, 0.1) is 12.2 Å². The van der Waals surface area contributed by atoms with Crippen molar-refractivity contribution in [2.45, 2.75) is 19.9 Å². The summed E-state index contributed by atoms with van der Waals surface area (Å²) in [7, 11) is 0. The number of amidine groups is 1. The van der Waals surface area contributed by atoms with E-state index in [0.29, 0.717) is 0 Å². The molecule has 1 aromatic heterocycles. The molecule has 0 aromatic carbocycles. The highest BCUT2D eigenvalue weighted by Crippen LogP contribution is 2.04. The Balaban J connectivity index is 2.82. The Bertz CT molecular complexity index is 445. The first-order valence-corrected chi connectivity index (χ1v) is 5.35. The summed E-state index contributed by atoms with van der Waals surface area (Å²) >= 11 is 0. The maximum absolute atomic E-state index is 12.7.